The molecule has 0 aliphatic heterocycles. The van der Waals surface area contributed by atoms with Crippen LogP contribution in [0.4, 0.5) is 0 Å². The van der Waals surface area contributed by atoms with Gasteiger partial charge in [-0.3, -0.25) is 23.4 Å². The molecule has 0 bridgehead atoms. The lowest BCUT2D eigenvalue weighted by atomic mass is 10.1. The molecular weight excluding hydrogens is 773 g/mol. The highest BCUT2D eigenvalue weighted by molar-refractivity contribution is 7.47. The Morgan fingerprint density at radius 2 is 1.17 bits per heavy atom. The molecule has 0 fully saturated rings. The number of phosphoric ester groups is 1. The highest BCUT2D eigenvalue weighted by atomic mass is 31.2. The monoisotopic (exact) mass is 845 g/mol. The Balaban J connectivity index is 4.69. The molecule has 13 heteroatoms. The summed E-state index contributed by atoms with van der Waals surface area (Å²) in [6, 6.07) is -1.56. The van der Waals surface area contributed by atoms with Crippen LogP contribution in [0.3, 0.4) is 0 Å². The highest BCUT2D eigenvalue weighted by Crippen LogP contribution is 2.43. The number of ether oxygens (including phenoxy) is 2. The fourth-order valence-corrected chi connectivity index (χ4v) is 5.55. The first kappa shape index (κ1) is 55.1. The van der Waals surface area contributed by atoms with Crippen molar-refractivity contribution >= 4 is 25.7 Å². The number of nitrogens with two attached hydrogens (primary N) is 1. The van der Waals surface area contributed by atoms with E-state index < -0.39 is 63.8 Å². The van der Waals surface area contributed by atoms with Gasteiger partial charge >= 0.3 is 25.7 Å². The number of carbonyl (C=O) groups is 3. The number of allylic oxidation sites excluding steroid dienone is 16. The standard InChI is InChI=1S/C46H72NO11P/c1-3-5-7-9-11-13-15-17-18-20-22-24-26-28-32-37-45(50)58-42(39-56-59(53,54)57-40-43(47)46(51)52)38-55-44(49)36-33-29-31-35-41(48)34-30-27-25-23-21-19-16-14-12-10-8-6-4-2/h6,8,11-14,17-19,21-22,24-25,27,29-31,34,41-43,48H,3-5,7,9-10,15-16,20,23,26,28,32-33,35-40,47H2,1-2H3,(H,51,52)(H,53,54)/b8-6-,13-11-,14-12-,18-17-,21-19-,24-22-,27-25-,31-29-,34-30-/t41?,42-,43+/m1/s1. The van der Waals surface area contributed by atoms with E-state index in [0.717, 1.165) is 57.8 Å². The molecule has 5 N–H and O–H groups in total. The van der Waals surface area contributed by atoms with Crippen molar-refractivity contribution < 1.29 is 52.6 Å². The van der Waals surface area contributed by atoms with Crippen LogP contribution >= 0.6 is 7.82 Å². The van der Waals surface area contributed by atoms with Gasteiger partial charge in [-0.15, -0.1) is 0 Å². The number of unbranched alkanes of at least 4 members (excludes halogenated alkanes) is 5. The molecule has 0 aromatic heterocycles. The second-order valence-electron chi connectivity index (χ2n) is 13.6. The molecular formula is C46H72NO11P. The lowest BCUT2D eigenvalue weighted by molar-refractivity contribution is -0.161. The van der Waals surface area contributed by atoms with Crippen molar-refractivity contribution in [2.45, 2.75) is 141 Å². The Morgan fingerprint density at radius 1 is 0.627 bits per heavy atom. The molecule has 12 nitrogen and oxygen atoms in total. The third kappa shape index (κ3) is 39.3. The third-order valence-corrected chi connectivity index (χ3v) is 9.05. The first-order valence-corrected chi connectivity index (χ1v) is 22.5. The van der Waals surface area contributed by atoms with Crippen LogP contribution in [0, 0.1) is 0 Å². The van der Waals surface area contributed by atoms with Crippen molar-refractivity contribution in [2.75, 3.05) is 19.8 Å². The smallest absolute Gasteiger partial charge is 0.472 e. The van der Waals surface area contributed by atoms with Gasteiger partial charge in [-0.25, -0.2) is 4.57 Å². The summed E-state index contributed by atoms with van der Waals surface area (Å²) in [5, 5.41) is 19.1. The fraction of sp³-hybridized carbons (Fsp3) is 0.543. The zero-order valence-corrected chi connectivity index (χ0v) is 36.3. The molecule has 0 aliphatic carbocycles. The predicted molar refractivity (Wildman–Crippen MR) is 236 cm³/mol. The van der Waals surface area contributed by atoms with Gasteiger partial charge in [0.15, 0.2) is 6.10 Å². The van der Waals surface area contributed by atoms with Gasteiger partial charge in [0.1, 0.15) is 12.6 Å². The third-order valence-electron chi connectivity index (χ3n) is 8.10. The normalized spacial score (nSPS) is 15.3. The van der Waals surface area contributed by atoms with E-state index in [9.17, 15) is 28.9 Å². The van der Waals surface area contributed by atoms with Crippen LogP contribution in [0.2, 0.25) is 0 Å². The molecule has 0 heterocycles. The van der Waals surface area contributed by atoms with E-state index in [0.29, 0.717) is 19.3 Å². The first-order valence-electron chi connectivity index (χ1n) is 21.0. The lowest BCUT2D eigenvalue weighted by Gasteiger charge is -2.20. The van der Waals surface area contributed by atoms with E-state index in [4.69, 9.17) is 24.8 Å². The Morgan fingerprint density at radius 3 is 1.76 bits per heavy atom. The molecule has 0 saturated heterocycles. The number of carboxylic acids is 1. The summed E-state index contributed by atoms with van der Waals surface area (Å²) >= 11 is 0. The van der Waals surface area contributed by atoms with Crippen molar-refractivity contribution in [2.24, 2.45) is 5.73 Å². The molecule has 332 valence electrons. The Hall–Kier alpha value is -3.90. The average Bonchev–Trinajstić information content (AvgIpc) is 3.21. The number of aliphatic hydroxyl groups is 1. The summed E-state index contributed by atoms with van der Waals surface area (Å²) in [7, 11) is -4.77. The van der Waals surface area contributed by atoms with Crippen LogP contribution < -0.4 is 5.73 Å². The number of phosphoric acid groups is 1. The van der Waals surface area contributed by atoms with Gasteiger partial charge in [0.05, 0.1) is 19.3 Å². The van der Waals surface area contributed by atoms with E-state index in [1.54, 1.807) is 24.3 Å². The molecule has 0 amide bonds. The number of aliphatic hydroxyl groups excluding tert-OH is 1. The summed E-state index contributed by atoms with van der Waals surface area (Å²) in [5.41, 5.74) is 5.31. The largest absolute Gasteiger partial charge is 0.480 e. The second kappa shape index (κ2) is 39.6. The summed E-state index contributed by atoms with van der Waals surface area (Å²) < 4.78 is 32.5. The minimum absolute atomic E-state index is 0.0000730. The number of aliphatic carboxylic acids is 1. The molecule has 59 heavy (non-hydrogen) atoms. The second-order valence-corrected chi connectivity index (χ2v) is 15.0. The molecule has 2 unspecified atom stereocenters. The van der Waals surface area contributed by atoms with E-state index in [1.807, 2.05) is 12.2 Å². The predicted octanol–water partition coefficient (Wildman–Crippen LogP) is 10.0. The number of carbonyl (C=O) groups excluding carboxylic acids is 2. The van der Waals surface area contributed by atoms with Crippen molar-refractivity contribution in [1.82, 2.24) is 0 Å². The molecule has 0 aromatic carbocycles. The maximum absolute atomic E-state index is 12.6. The zero-order valence-electron chi connectivity index (χ0n) is 35.4. The van der Waals surface area contributed by atoms with Crippen LogP contribution in [-0.2, 0) is 37.5 Å². The van der Waals surface area contributed by atoms with Crippen molar-refractivity contribution in [3.63, 3.8) is 0 Å². The fourth-order valence-electron chi connectivity index (χ4n) is 4.77. The quantitative estimate of drug-likeness (QED) is 0.0152. The van der Waals surface area contributed by atoms with Gasteiger partial charge in [0, 0.05) is 12.8 Å². The molecule has 0 rings (SSSR count). The number of carboxylic acid groups (broad SMARTS) is 1. The number of rotatable bonds is 37. The van der Waals surface area contributed by atoms with Gasteiger partial charge in [0.2, 0.25) is 0 Å². The van der Waals surface area contributed by atoms with Crippen molar-refractivity contribution in [1.29, 1.82) is 0 Å². The van der Waals surface area contributed by atoms with Gasteiger partial charge in [-0.1, -0.05) is 136 Å². The minimum atomic E-state index is -4.77. The summed E-state index contributed by atoms with van der Waals surface area (Å²) in [6.45, 7) is 2.41. The van der Waals surface area contributed by atoms with E-state index in [2.05, 4.69) is 91.3 Å². The Labute approximate surface area is 353 Å². The van der Waals surface area contributed by atoms with Gasteiger partial charge in [0.25, 0.3) is 0 Å². The maximum Gasteiger partial charge on any atom is 0.472 e. The highest BCUT2D eigenvalue weighted by Gasteiger charge is 2.28. The van der Waals surface area contributed by atoms with Crippen LogP contribution in [-0.4, -0.2) is 71.1 Å². The zero-order chi connectivity index (χ0) is 43.7. The lowest BCUT2D eigenvalue weighted by Crippen LogP contribution is -2.34. The molecule has 4 atom stereocenters. The number of hydrogen-bond acceptors (Lipinski definition) is 10. The van der Waals surface area contributed by atoms with Gasteiger partial charge in [-0.2, -0.15) is 0 Å². The summed E-state index contributed by atoms with van der Waals surface area (Å²) in [6.07, 6.45) is 47.7. The maximum atomic E-state index is 12.6. The molecule has 0 radical (unpaired) electrons. The molecule has 0 saturated carbocycles. The van der Waals surface area contributed by atoms with E-state index in [1.165, 1.54) is 19.3 Å². The van der Waals surface area contributed by atoms with Gasteiger partial charge in [-0.05, 0) is 83.5 Å². The van der Waals surface area contributed by atoms with Crippen LogP contribution in [0.25, 0.3) is 0 Å². The first-order chi connectivity index (χ1) is 28.5. The van der Waals surface area contributed by atoms with Crippen LogP contribution in [0.5, 0.6) is 0 Å². The van der Waals surface area contributed by atoms with Crippen molar-refractivity contribution in [3.05, 3.63) is 109 Å². The Bertz CT molecular complexity index is 1430. The van der Waals surface area contributed by atoms with Crippen molar-refractivity contribution in [3.8, 4) is 0 Å². The number of hydrogen-bond donors (Lipinski definition) is 4. The van der Waals surface area contributed by atoms with E-state index >= 15 is 0 Å². The Kier molecular flexibility index (Phi) is 36.9. The van der Waals surface area contributed by atoms with Crippen LogP contribution in [0.15, 0.2) is 109 Å². The SMILES string of the molecule is CC/C=C\C/C=C\C/C=C\C/C=C\C=C/C(O)C/C=C\CCC(=O)OC[C@H](COP(=O)(O)OC[C@H](N)C(=O)O)OC(=O)CCCC/C=C\C/C=C\C/C=C\CCCCC. The summed E-state index contributed by atoms with van der Waals surface area (Å²) in [5.74, 6) is -2.65. The molecule has 0 spiro atoms. The van der Waals surface area contributed by atoms with Gasteiger partial charge < -0.3 is 30.3 Å². The molecule has 0 aliphatic rings. The van der Waals surface area contributed by atoms with E-state index in [-0.39, 0.29) is 12.8 Å². The van der Waals surface area contributed by atoms with Crippen LogP contribution in [0.1, 0.15) is 123 Å². The molecule has 0 aromatic rings. The summed E-state index contributed by atoms with van der Waals surface area (Å²) in [4.78, 5) is 45.9. The average molecular weight is 846 g/mol. The minimum Gasteiger partial charge on any atom is -0.480 e. The number of esters is 2. The topological polar surface area (TPSA) is 192 Å².